The van der Waals surface area contributed by atoms with Crippen molar-refractivity contribution in [3.8, 4) is 5.75 Å². The van der Waals surface area contributed by atoms with Crippen molar-refractivity contribution >= 4 is 6.03 Å². The summed E-state index contributed by atoms with van der Waals surface area (Å²) in [6, 6.07) is 4.00. The minimum atomic E-state index is -0.189. The summed E-state index contributed by atoms with van der Waals surface area (Å²) in [5.41, 5.74) is 3.43. The lowest BCUT2D eigenvalue weighted by Gasteiger charge is -2.20. The Morgan fingerprint density at radius 2 is 2.00 bits per heavy atom. The van der Waals surface area contributed by atoms with E-state index in [0.29, 0.717) is 37.3 Å². The molecule has 7 heteroatoms. The van der Waals surface area contributed by atoms with E-state index in [-0.39, 0.29) is 6.03 Å². The number of ether oxygens (including phenoxy) is 1. The summed E-state index contributed by atoms with van der Waals surface area (Å²) in [5.74, 6) is 2.52. The van der Waals surface area contributed by atoms with Gasteiger partial charge in [0.15, 0.2) is 5.82 Å². The quantitative estimate of drug-likeness (QED) is 0.753. The standard InChI is InChI=1S/C20H28N4O3/c1-13-10-14(2)18(15(3)11-13)26-9-8-21-20(25)24(4)12-17-22-19(27-23-17)16-6-5-7-16/h10-11,16H,5-9,12H2,1-4H3,(H,21,25). The van der Waals surface area contributed by atoms with E-state index in [2.05, 4.69) is 34.5 Å². The van der Waals surface area contributed by atoms with E-state index in [0.717, 1.165) is 29.7 Å². The fraction of sp³-hybridized carbons (Fsp3) is 0.550. The monoisotopic (exact) mass is 372 g/mol. The second kappa shape index (κ2) is 8.41. The maximum atomic E-state index is 12.2. The summed E-state index contributed by atoms with van der Waals surface area (Å²) in [5, 5.41) is 6.82. The molecule has 146 valence electrons. The van der Waals surface area contributed by atoms with E-state index < -0.39 is 0 Å². The summed E-state index contributed by atoms with van der Waals surface area (Å²) in [7, 11) is 1.71. The molecule has 1 aromatic heterocycles. The van der Waals surface area contributed by atoms with E-state index in [9.17, 15) is 4.79 Å². The molecule has 2 amide bonds. The van der Waals surface area contributed by atoms with Crippen molar-refractivity contribution in [1.29, 1.82) is 0 Å². The van der Waals surface area contributed by atoms with E-state index >= 15 is 0 Å². The highest BCUT2D eigenvalue weighted by molar-refractivity contribution is 5.73. The van der Waals surface area contributed by atoms with Crippen LogP contribution in [0.25, 0.3) is 0 Å². The van der Waals surface area contributed by atoms with Crippen LogP contribution in [0.2, 0.25) is 0 Å². The second-order valence-corrected chi connectivity index (χ2v) is 7.34. The van der Waals surface area contributed by atoms with Crippen LogP contribution in [-0.4, -0.2) is 41.3 Å². The predicted molar refractivity (Wildman–Crippen MR) is 102 cm³/mol. The molecule has 1 aliphatic carbocycles. The van der Waals surface area contributed by atoms with Crippen molar-refractivity contribution in [3.05, 3.63) is 40.5 Å². The molecular formula is C20H28N4O3. The zero-order valence-corrected chi connectivity index (χ0v) is 16.5. The zero-order valence-electron chi connectivity index (χ0n) is 16.5. The molecule has 0 atom stereocenters. The van der Waals surface area contributed by atoms with E-state index in [1.165, 1.54) is 16.9 Å². The SMILES string of the molecule is Cc1cc(C)c(OCCNC(=O)N(C)Cc2noc(C3CCC3)n2)c(C)c1. The average molecular weight is 372 g/mol. The van der Waals surface area contributed by atoms with Crippen molar-refractivity contribution in [2.45, 2.75) is 52.5 Å². The number of rotatable bonds is 7. The van der Waals surface area contributed by atoms with Gasteiger partial charge in [0.25, 0.3) is 0 Å². The van der Waals surface area contributed by atoms with Crippen molar-refractivity contribution in [3.63, 3.8) is 0 Å². The van der Waals surface area contributed by atoms with Crippen LogP contribution in [0.15, 0.2) is 16.7 Å². The van der Waals surface area contributed by atoms with Crippen molar-refractivity contribution in [1.82, 2.24) is 20.4 Å². The number of benzene rings is 1. The molecule has 1 saturated carbocycles. The maximum Gasteiger partial charge on any atom is 0.317 e. The van der Waals surface area contributed by atoms with Gasteiger partial charge in [0.2, 0.25) is 5.89 Å². The van der Waals surface area contributed by atoms with Gasteiger partial charge in [-0.25, -0.2) is 4.79 Å². The highest BCUT2D eigenvalue weighted by Gasteiger charge is 2.25. The first-order valence-electron chi connectivity index (χ1n) is 9.46. The first-order chi connectivity index (χ1) is 12.9. The Morgan fingerprint density at radius 3 is 2.63 bits per heavy atom. The van der Waals surface area contributed by atoms with Gasteiger partial charge in [-0.3, -0.25) is 0 Å². The van der Waals surface area contributed by atoms with Gasteiger partial charge in [-0.1, -0.05) is 29.3 Å². The van der Waals surface area contributed by atoms with Crippen LogP contribution in [0, 0.1) is 20.8 Å². The Labute approximate surface area is 160 Å². The normalized spacial score (nSPS) is 13.9. The van der Waals surface area contributed by atoms with Gasteiger partial charge in [0.05, 0.1) is 13.1 Å². The Morgan fingerprint density at radius 1 is 1.30 bits per heavy atom. The first kappa shape index (κ1) is 19.2. The largest absolute Gasteiger partial charge is 0.491 e. The van der Waals surface area contributed by atoms with Crippen LogP contribution in [-0.2, 0) is 6.54 Å². The maximum absolute atomic E-state index is 12.2. The third-order valence-corrected chi connectivity index (χ3v) is 4.89. The minimum Gasteiger partial charge on any atom is -0.491 e. The molecule has 0 unspecified atom stereocenters. The average Bonchev–Trinajstić information content (AvgIpc) is 2.99. The molecule has 0 spiro atoms. The Kier molecular flexibility index (Phi) is 5.98. The van der Waals surface area contributed by atoms with Gasteiger partial charge < -0.3 is 19.5 Å². The highest BCUT2D eigenvalue weighted by Crippen LogP contribution is 2.35. The van der Waals surface area contributed by atoms with Crippen LogP contribution >= 0.6 is 0 Å². The highest BCUT2D eigenvalue weighted by atomic mass is 16.5. The molecule has 3 rings (SSSR count). The summed E-state index contributed by atoms with van der Waals surface area (Å²) in [6.45, 7) is 7.29. The Bertz CT molecular complexity index is 775. The number of carbonyl (C=O) groups excluding carboxylic acids is 1. The number of carbonyl (C=O) groups is 1. The lowest BCUT2D eigenvalue weighted by molar-refractivity contribution is 0.201. The number of amides is 2. The Hall–Kier alpha value is -2.57. The molecule has 1 heterocycles. The number of nitrogens with zero attached hydrogens (tertiary/aromatic N) is 3. The summed E-state index contributed by atoms with van der Waals surface area (Å²) >= 11 is 0. The topological polar surface area (TPSA) is 80.5 Å². The van der Waals surface area contributed by atoms with Gasteiger partial charge in [0.1, 0.15) is 12.4 Å². The van der Waals surface area contributed by atoms with Gasteiger partial charge in [-0.15, -0.1) is 0 Å². The summed E-state index contributed by atoms with van der Waals surface area (Å²) in [4.78, 5) is 18.2. The van der Waals surface area contributed by atoms with Gasteiger partial charge in [0, 0.05) is 13.0 Å². The first-order valence-corrected chi connectivity index (χ1v) is 9.46. The molecular weight excluding hydrogens is 344 g/mol. The molecule has 0 aliphatic heterocycles. The third-order valence-electron chi connectivity index (χ3n) is 4.89. The molecule has 0 saturated heterocycles. The molecule has 7 nitrogen and oxygen atoms in total. The number of hydrogen-bond donors (Lipinski definition) is 1. The third kappa shape index (κ3) is 4.78. The second-order valence-electron chi connectivity index (χ2n) is 7.34. The van der Waals surface area contributed by atoms with Crippen LogP contribution in [0.4, 0.5) is 4.79 Å². The number of nitrogens with one attached hydrogen (secondary N) is 1. The van der Waals surface area contributed by atoms with Crippen LogP contribution in [0.5, 0.6) is 5.75 Å². The molecule has 1 aromatic carbocycles. The predicted octanol–water partition coefficient (Wildman–Crippen LogP) is 3.48. The lowest BCUT2D eigenvalue weighted by atomic mass is 9.85. The van der Waals surface area contributed by atoms with Gasteiger partial charge >= 0.3 is 6.03 Å². The molecule has 1 aliphatic rings. The summed E-state index contributed by atoms with van der Waals surface area (Å²) < 4.78 is 11.1. The Balaban J connectivity index is 1.41. The number of aromatic nitrogens is 2. The van der Waals surface area contributed by atoms with Crippen molar-refractivity contribution in [2.24, 2.45) is 0 Å². The van der Waals surface area contributed by atoms with E-state index in [4.69, 9.17) is 9.26 Å². The van der Waals surface area contributed by atoms with Gasteiger partial charge in [-0.05, 0) is 44.7 Å². The van der Waals surface area contributed by atoms with Gasteiger partial charge in [-0.2, -0.15) is 4.98 Å². The van der Waals surface area contributed by atoms with Crippen LogP contribution < -0.4 is 10.1 Å². The molecule has 0 radical (unpaired) electrons. The molecule has 1 fully saturated rings. The fourth-order valence-electron chi connectivity index (χ4n) is 3.28. The summed E-state index contributed by atoms with van der Waals surface area (Å²) in [6.07, 6.45) is 3.43. The van der Waals surface area contributed by atoms with Crippen LogP contribution in [0.3, 0.4) is 0 Å². The number of aryl methyl sites for hydroxylation is 3. The van der Waals surface area contributed by atoms with Crippen LogP contribution in [0.1, 0.15) is 53.6 Å². The van der Waals surface area contributed by atoms with Crippen molar-refractivity contribution in [2.75, 3.05) is 20.2 Å². The molecule has 0 bridgehead atoms. The van der Waals surface area contributed by atoms with Crippen molar-refractivity contribution < 1.29 is 14.1 Å². The number of urea groups is 1. The molecule has 1 N–H and O–H groups in total. The number of hydrogen-bond acceptors (Lipinski definition) is 5. The molecule has 2 aromatic rings. The molecule has 27 heavy (non-hydrogen) atoms. The van der Waals surface area contributed by atoms with E-state index in [1.54, 1.807) is 7.05 Å². The van der Waals surface area contributed by atoms with E-state index in [1.807, 2.05) is 13.8 Å². The minimum absolute atomic E-state index is 0.189. The zero-order chi connectivity index (χ0) is 19.4. The fourth-order valence-corrected chi connectivity index (χ4v) is 3.28. The lowest BCUT2D eigenvalue weighted by Crippen LogP contribution is -2.39. The smallest absolute Gasteiger partial charge is 0.317 e.